The number of hydrogen-bond acceptors (Lipinski definition) is 5. The van der Waals surface area contributed by atoms with Gasteiger partial charge in [0.1, 0.15) is 17.4 Å². The van der Waals surface area contributed by atoms with Gasteiger partial charge in [-0.2, -0.15) is 5.10 Å². The number of aromatic nitrogens is 4. The molecule has 0 amide bonds. The van der Waals surface area contributed by atoms with Crippen LogP contribution < -0.4 is 10.1 Å². The molecule has 5 rings (SSSR count). The predicted octanol–water partition coefficient (Wildman–Crippen LogP) is 4.14. The molecule has 1 aromatic carbocycles. The molecule has 1 aliphatic heterocycles. The number of nitrogens with zero attached hydrogens (tertiary/aromatic N) is 3. The second-order valence-corrected chi connectivity index (χ2v) is 7.38. The van der Waals surface area contributed by atoms with Crippen molar-refractivity contribution in [3.05, 3.63) is 42.7 Å². The molecule has 2 atom stereocenters. The standard InChI is InChI=1S/C21H23N5O2/c1-13-10-15(7-9-27-13)28-19-12-26(2)18-11-14(5-6-16(18)19)23-21-20-17(24-25-21)4-3-8-22-20/h3-6,8,11-13,15H,7,9-10H2,1-2H3,(H2,23,24,25). The van der Waals surface area contributed by atoms with Crippen LogP contribution >= 0.6 is 0 Å². The largest absolute Gasteiger partial charge is 0.488 e. The molecule has 2 unspecified atom stereocenters. The molecular formula is C21H23N5O2. The van der Waals surface area contributed by atoms with Crippen molar-refractivity contribution in [2.45, 2.75) is 32.0 Å². The molecule has 1 fully saturated rings. The van der Waals surface area contributed by atoms with Crippen LogP contribution in [0.3, 0.4) is 0 Å². The summed E-state index contributed by atoms with van der Waals surface area (Å²) in [5.41, 5.74) is 3.80. The first-order valence-electron chi connectivity index (χ1n) is 9.61. The molecule has 1 saturated heterocycles. The average Bonchev–Trinajstić information content (AvgIpc) is 3.23. The van der Waals surface area contributed by atoms with Crippen molar-refractivity contribution >= 4 is 33.4 Å². The van der Waals surface area contributed by atoms with E-state index >= 15 is 0 Å². The summed E-state index contributed by atoms with van der Waals surface area (Å²) < 4.78 is 14.0. The second-order valence-electron chi connectivity index (χ2n) is 7.38. The number of anilines is 2. The summed E-state index contributed by atoms with van der Waals surface area (Å²) in [6, 6.07) is 10.1. The van der Waals surface area contributed by atoms with Crippen molar-refractivity contribution in [3.63, 3.8) is 0 Å². The van der Waals surface area contributed by atoms with Crippen molar-refractivity contribution in [2.75, 3.05) is 11.9 Å². The van der Waals surface area contributed by atoms with Gasteiger partial charge in [0.25, 0.3) is 0 Å². The minimum absolute atomic E-state index is 0.202. The predicted molar refractivity (Wildman–Crippen MR) is 109 cm³/mol. The van der Waals surface area contributed by atoms with E-state index in [2.05, 4.69) is 50.3 Å². The molecule has 1 aliphatic rings. The van der Waals surface area contributed by atoms with Crippen LogP contribution in [0, 0.1) is 0 Å². The summed E-state index contributed by atoms with van der Waals surface area (Å²) in [7, 11) is 2.04. The van der Waals surface area contributed by atoms with Crippen molar-refractivity contribution < 1.29 is 9.47 Å². The Morgan fingerprint density at radius 3 is 3.14 bits per heavy atom. The van der Waals surface area contributed by atoms with Gasteiger partial charge in [0.15, 0.2) is 5.82 Å². The summed E-state index contributed by atoms with van der Waals surface area (Å²) in [4.78, 5) is 4.40. The Kier molecular flexibility index (Phi) is 4.16. The van der Waals surface area contributed by atoms with Crippen LogP contribution in [-0.2, 0) is 11.8 Å². The average molecular weight is 377 g/mol. The highest BCUT2D eigenvalue weighted by Crippen LogP contribution is 2.33. The Morgan fingerprint density at radius 2 is 2.25 bits per heavy atom. The summed E-state index contributed by atoms with van der Waals surface area (Å²) in [6.45, 7) is 2.86. The molecule has 3 aromatic heterocycles. The van der Waals surface area contributed by atoms with Crippen molar-refractivity contribution in [2.24, 2.45) is 7.05 Å². The molecule has 0 aliphatic carbocycles. The van der Waals surface area contributed by atoms with Crippen LogP contribution in [-0.4, -0.2) is 38.6 Å². The van der Waals surface area contributed by atoms with Gasteiger partial charge in [-0.25, -0.2) is 0 Å². The molecule has 7 nitrogen and oxygen atoms in total. The highest BCUT2D eigenvalue weighted by Gasteiger charge is 2.22. The fourth-order valence-electron chi connectivity index (χ4n) is 3.84. The molecule has 2 N–H and O–H groups in total. The number of ether oxygens (including phenoxy) is 2. The van der Waals surface area contributed by atoms with Crippen LogP contribution in [0.5, 0.6) is 5.75 Å². The molecule has 28 heavy (non-hydrogen) atoms. The highest BCUT2D eigenvalue weighted by atomic mass is 16.5. The van der Waals surface area contributed by atoms with Crippen LogP contribution in [0.25, 0.3) is 21.9 Å². The van der Waals surface area contributed by atoms with Crippen LogP contribution in [0.2, 0.25) is 0 Å². The van der Waals surface area contributed by atoms with E-state index in [1.54, 1.807) is 6.20 Å². The van der Waals surface area contributed by atoms with Crippen molar-refractivity contribution in [3.8, 4) is 5.75 Å². The number of pyridine rings is 1. The van der Waals surface area contributed by atoms with Gasteiger partial charge < -0.3 is 19.4 Å². The fraction of sp³-hybridized carbons (Fsp3) is 0.333. The van der Waals surface area contributed by atoms with Gasteiger partial charge in [-0.15, -0.1) is 0 Å². The van der Waals surface area contributed by atoms with Crippen LogP contribution in [0.4, 0.5) is 11.5 Å². The topological polar surface area (TPSA) is 77.0 Å². The summed E-state index contributed by atoms with van der Waals surface area (Å²) in [6.07, 6.45) is 6.13. The summed E-state index contributed by atoms with van der Waals surface area (Å²) >= 11 is 0. The molecule has 144 valence electrons. The third-order valence-corrected chi connectivity index (χ3v) is 5.27. The first-order chi connectivity index (χ1) is 13.7. The third kappa shape index (κ3) is 3.07. The zero-order valence-corrected chi connectivity index (χ0v) is 16.0. The lowest BCUT2D eigenvalue weighted by atomic mass is 10.1. The zero-order valence-electron chi connectivity index (χ0n) is 16.0. The maximum atomic E-state index is 6.31. The normalized spacial score (nSPS) is 19.9. The maximum Gasteiger partial charge on any atom is 0.178 e. The monoisotopic (exact) mass is 377 g/mol. The van der Waals surface area contributed by atoms with Gasteiger partial charge >= 0.3 is 0 Å². The molecule has 0 saturated carbocycles. The first-order valence-corrected chi connectivity index (χ1v) is 9.61. The Balaban J connectivity index is 1.42. The smallest absolute Gasteiger partial charge is 0.178 e. The van der Waals surface area contributed by atoms with Gasteiger partial charge in [-0.3, -0.25) is 10.1 Å². The Morgan fingerprint density at radius 1 is 1.32 bits per heavy atom. The Bertz CT molecular complexity index is 1130. The van der Waals surface area contributed by atoms with E-state index in [0.717, 1.165) is 58.6 Å². The van der Waals surface area contributed by atoms with Crippen LogP contribution in [0.1, 0.15) is 19.8 Å². The minimum Gasteiger partial charge on any atom is -0.488 e. The van der Waals surface area contributed by atoms with E-state index in [1.807, 2.05) is 25.2 Å². The van der Waals surface area contributed by atoms with Crippen LogP contribution in [0.15, 0.2) is 42.7 Å². The van der Waals surface area contributed by atoms with E-state index < -0.39 is 0 Å². The van der Waals surface area contributed by atoms with E-state index in [1.165, 1.54) is 0 Å². The van der Waals surface area contributed by atoms with Gasteiger partial charge in [0, 0.05) is 43.4 Å². The molecule has 0 radical (unpaired) electrons. The second kappa shape index (κ2) is 6.83. The number of aromatic amines is 1. The van der Waals surface area contributed by atoms with Crippen molar-refractivity contribution in [1.29, 1.82) is 0 Å². The fourth-order valence-corrected chi connectivity index (χ4v) is 3.84. The number of aryl methyl sites for hydroxylation is 1. The molecule has 4 heterocycles. The minimum atomic E-state index is 0.202. The number of rotatable bonds is 4. The molecular weight excluding hydrogens is 354 g/mol. The van der Waals surface area contributed by atoms with E-state index in [-0.39, 0.29) is 12.2 Å². The highest BCUT2D eigenvalue weighted by molar-refractivity contribution is 5.92. The quantitative estimate of drug-likeness (QED) is 0.559. The lowest BCUT2D eigenvalue weighted by molar-refractivity contribution is -0.0248. The number of H-pyrrole nitrogens is 1. The number of fused-ring (bicyclic) bond motifs is 2. The molecule has 7 heteroatoms. The molecule has 4 aromatic rings. The van der Waals surface area contributed by atoms with Gasteiger partial charge in [-0.1, -0.05) is 0 Å². The number of nitrogens with one attached hydrogen (secondary N) is 2. The third-order valence-electron chi connectivity index (χ3n) is 5.27. The van der Waals surface area contributed by atoms with Gasteiger partial charge in [0.05, 0.1) is 23.7 Å². The lowest BCUT2D eigenvalue weighted by Gasteiger charge is -2.27. The molecule has 0 spiro atoms. The summed E-state index contributed by atoms with van der Waals surface area (Å²) in [5.74, 6) is 1.65. The number of benzene rings is 1. The van der Waals surface area contributed by atoms with Gasteiger partial charge in [0.2, 0.25) is 0 Å². The SMILES string of the molecule is CC1CC(Oc2cn(C)c3cc(Nc4n[nH]c5cccnc45)ccc23)CCO1. The molecule has 0 bridgehead atoms. The summed E-state index contributed by atoms with van der Waals surface area (Å²) in [5, 5.41) is 11.8. The maximum absolute atomic E-state index is 6.31. The Hall–Kier alpha value is -3.06. The van der Waals surface area contributed by atoms with Gasteiger partial charge in [-0.05, 0) is 37.3 Å². The zero-order chi connectivity index (χ0) is 19.1. The van der Waals surface area contributed by atoms with E-state index in [4.69, 9.17) is 9.47 Å². The van der Waals surface area contributed by atoms with E-state index in [0.29, 0.717) is 0 Å². The first kappa shape index (κ1) is 17.1. The lowest BCUT2D eigenvalue weighted by Crippen LogP contribution is -2.30. The number of hydrogen-bond donors (Lipinski definition) is 2. The van der Waals surface area contributed by atoms with Crippen molar-refractivity contribution in [1.82, 2.24) is 19.7 Å². The Labute approximate surface area is 162 Å². The van der Waals surface area contributed by atoms with E-state index in [9.17, 15) is 0 Å².